The number of likely N-dealkylation sites (N-methyl/N-ethyl adjacent to an activating group) is 1. The Morgan fingerprint density at radius 2 is 1.89 bits per heavy atom. The number of anilines is 3. The van der Waals surface area contributed by atoms with Crippen molar-refractivity contribution in [1.29, 1.82) is 5.26 Å². The van der Waals surface area contributed by atoms with Gasteiger partial charge in [-0.2, -0.15) is 5.26 Å². The molecule has 3 aromatic rings. The first-order chi connectivity index (χ1) is 17.4. The number of amides is 1. The highest BCUT2D eigenvalue weighted by molar-refractivity contribution is 6.06. The monoisotopic (exact) mass is 482 g/mol. The topological polar surface area (TPSA) is 98.3 Å². The minimum absolute atomic E-state index is 0.240. The first kappa shape index (κ1) is 25.2. The Balaban J connectivity index is 1.68. The lowest BCUT2D eigenvalue weighted by Gasteiger charge is -2.27. The summed E-state index contributed by atoms with van der Waals surface area (Å²) in [5.41, 5.74) is 12.9. The average Bonchev–Trinajstić information content (AvgIpc) is 3.39. The summed E-state index contributed by atoms with van der Waals surface area (Å²) in [5, 5.41) is 13.1. The third-order valence-electron chi connectivity index (χ3n) is 6.98. The van der Waals surface area contributed by atoms with Gasteiger partial charge in [-0.25, -0.2) is 4.98 Å². The van der Waals surface area contributed by atoms with Crippen LogP contribution in [0.1, 0.15) is 47.4 Å². The summed E-state index contributed by atoms with van der Waals surface area (Å²) in [7, 11) is 4.24. The van der Waals surface area contributed by atoms with Gasteiger partial charge in [0.15, 0.2) is 0 Å². The van der Waals surface area contributed by atoms with Gasteiger partial charge in [-0.15, -0.1) is 0 Å². The van der Waals surface area contributed by atoms with Crippen LogP contribution in [0.3, 0.4) is 0 Å². The van der Waals surface area contributed by atoms with Crippen molar-refractivity contribution in [3.05, 3.63) is 70.9 Å². The molecular weight excluding hydrogens is 448 g/mol. The molecular formula is C29H34N6O. The molecule has 0 radical (unpaired) electrons. The van der Waals surface area contributed by atoms with Gasteiger partial charge in [0.2, 0.25) is 0 Å². The minimum Gasteiger partial charge on any atom is -0.397 e. The van der Waals surface area contributed by atoms with E-state index in [1.165, 1.54) is 0 Å². The molecule has 1 atom stereocenters. The van der Waals surface area contributed by atoms with Crippen LogP contribution >= 0.6 is 0 Å². The van der Waals surface area contributed by atoms with Gasteiger partial charge >= 0.3 is 0 Å². The van der Waals surface area contributed by atoms with E-state index in [1.807, 2.05) is 24.3 Å². The first-order valence-corrected chi connectivity index (χ1v) is 12.5. The van der Waals surface area contributed by atoms with E-state index in [0.717, 1.165) is 54.9 Å². The van der Waals surface area contributed by atoms with Crippen molar-refractivity contribution in [3.63, 3.8) is 0 Å². The lowest BCUT2D eigenvalue weighted by molar-refractivity contribution is 0.102. The number of carbonyl (C=O) groups excluding carboxylic acids is 1. The van der Waals surface area contributed by atoms with Crippen LogP contribution in [0.2, 0.25) is 0 Å². The second kappa shape index (κ2) is 10.8. The number of nitrogens with one attached hydrogen (secondary N) is 1. The Morgan fingerprint density at radius 1 is 1.17 bits per heavy atom. The highest BCUT2D eigenvalue weighted by Gasteiger charge is 2.29. The van der Waals surface area contributed by atoms with Crippen molar-refractivity contribution in [2.75, 3.05) is 43.1 Å². The highest BCUT2D eigenvalue weighted by Crippen LogP contribution is 2.36. The Bertz CT molecular complexity index is 1290. The molecule has 1 unspecified atom stereocenters. The molecule has 7 heteroatoms. The van der Waals surface area contributed by atoms with Gasteiger partial charge in [-0.3, -0.25) is 4.79 Å². The van der Waals surface area contributed by atoms with Gasteiger partial charge < -0.3 is 20.9 Å². The van der Waals surface area contributed by atoms with Crippen LogP contribution in [0.5, 0.6) is 0 Å². The summed E-state index contributed by atoms with van der Waals surface area (Å²) in [5.74, 6) is -0.240. The van der Waals surface area contributed by atoms with Gasteiger partial charge in [0, 0.05) is 30.3 Å². The largest absolute Gasteiger partial charge is 0.397 e. The zero-order valence-electron chi connectivity index (χ0n) is 21.5. The van der Waals surface area contributed by atoms with Crippen molar-refractivity contribution in [3.8, 4) is 17.3 Å². The number of aryl methyl sites for hydroxylation is 1. The van der Waals surface area contributed by atoms with Gasteiger partial charge in [0.1, 0.15) is 6.07 Å². The number of hydrogen-bond donors (Lipinski definition) is 2. The molecule has 0 saturated carbocycles. The van der Waals surface area contributed by atoms with Crippen molar-refractivity contribution in [2.45, 2.75) is 39.2 Å². The molecule has 7 nitrogen and oxygen atoms in total. The normalized spacial score (nSPS) is 15.2. The van der Waals surface area contributed by atoms with Crippen molar-refractivity contribution in [2.24, 2.45) is 0 Å². The summed E-state index contributed by atoms with van der Waals surface area (Å²) >= 11 is 0. The maximum atomic E-state index is 12.8. The van der Waals surface area contributed by atoms with E-state index in [4.69, 9.17) is 10.7 Å². The third kappa shape index (κ3) is 4.91. The highest BCUT2D eigenvalue weighted by atomic mass is 16.1. The summed E-state index contributed by atoms with van der Waals surface area (Å²) in [6.45, 7) is 6.12. The summed E-state index contributed by atoms with van der Waals surface area (Å²) in [4.78, 5) is 22.5. The predicted octanol–water partition coefficient (Wildman–Crippen LogP) is 4.72. The molecule has 36 heavy (non-hydrogen) atoms. The number of rotatable bonds is 7. The van der Waals surface area contributed by atoms with Gasteiger partial charge in [-0.1, -0.05) is 38.1 Å². The maximum absolute atomic E-state index is 12.8. The third-order valence-corrected chi connectivity index (χ3v) is 6.98. The molecule has 186 valence electrons. The van der Waals surface area contributed by atoms with Crippen LogP contribution in [0.4, 0.5) is 17.1 Å². The number of carbonyl (C=O) groups is 1. The van der Waals surface area contributed by atoms with Crippen molar-refractivity contribution >= 4 is 23.0 Å². The fourth-order valence-electron chi connectivity index (χ4n) is 4.92. The molecule has 4 rings (SSSR count). The Morgan fingerprint density at radius 3 is 2.47 bits per heavy atom. The van der Waals surface area contributed by atoms with Gasteiger partial charge in [0.25, 0.3) is 5.91 Å². The quantitative estimate of drug-likeness (QED) is 0.473. The summed E-state index contributed by atoms with van der Waals surface area (Å²) in [6.07, 6.45) is 2.63. The molecule has 0 spiro atoms. The van der Waals surface area contributed by atoms with E-state index in [0.29, 0.717) is 34.2 Å². The van der Waals surface area contributed by atoms with Crippen LogP contribution in [0.25, 0.3) is 11.3 Å². The van der Waals surface area contributed by atoms with E-state index in [1.54, 1.807) is 24.3 Å². The van der Waals surface area contributed by atoms with Crippen LogP contribution in [-0.2, 0) is 12.8 Å². The zero-order valence-corrected chi connectivity index (χ0v) is 21.5. The molecule has 1 aliphatic rings. The van der Waals surface area contributed by atoms with E-state index in [-0.39, 0.29) is 5.91 Å². The number of nitrogens with two attached hydrogens (primary N) is 1. The first-order valence-electron chi connectivity index (χ1n) is 12.5. The Hall–Kier alpha value is -3.89. The zero-order chi connectivity index (χ0) is 25.8. The molecule has 1 saturated heterocycles. The number of aromatic nitrogens is 1. The fourth-order valence-corrected chi connectivity index (χ4v) is 4.92. The maximum Gasteiger partial charge on any atom is 0.255 e. The summed E-state index contributed by atoms with van der Waals surface area (Å²) < 4.78 is 0. The predicted molar refractivity (Wildman–Crippen MR) is 146 cm³/mol. The lowest BCUT2D eigenvalue weighted by atomic mass is 9.95. The smallest absolute Gasteiger partial charge is 0.255 e. The van der Waals surface area contributed by atoms with Crippen molar-refractivity contribution in [1.82, 2.24) is 9.88 Å². The van der Waals surface area contributed by atoms with Crippen LogP contribution in [0, 0.1) is 11.3 Å². The van der Waals surface area contributed by atoms with E-state index < -0.39 is 0 Å². The van der Waals surface area contributed by atoms with E-state index in [2.05, 4.69) is 49.1 Å². The standard InChI is InChI=1S/C29H34N6O/c1-5-22-23(17-30)27(32-25(6-2)28(22)35-16-15-21(18-35)34(3)4)19-11-13-20(14-12-19)29(36)33-26-10-8-7-9-24(26)31/h7-14,21H,5-6,15-16,18,31H2,1-4H3,(H,33,36). The molecule has 1 fully saturated rings. The number of nitriles is 1. The number of benzene rings is 2. The minimum atomic E-state index is -0.240. The molecule has 2 aromatic carbocycles. The van der Waals surface area contributed by atoms with Crippen LogP contribution in [-0.4, -0.2) is 49.0 Å². The molecule has 3 N–H and O–H groups in total. The second-order valence-electron chi connectivity index (χ2n) is 9.40. The van der Waals surface area contributed by atoms with Crippen LogP contribution in [0.15, 0.2) is 48.5 Å². The number of para-hydroxylation sites is 2. The number of pyridine rings is 1. The van der Waals surface area contributed by atoms with E-state index in [9.17, 15) is 10.1 Å². The Kier molecular flexibility index (Phi) is 7.56. The van der Waals surface area contributed by atoms with Gasteiger partial charge in [0.05, 0.1) is 34.0 Å². The lowest BCUT2D eigenvalue weighted by Crippen LogP contribution is -2.32. The molecule has 1 aromatic heterocycles. The second-order valence-corrected chi connectivity index (χ2v) is 9.40. The molecule has 1 aliphatic heterocycles. The molecule has 0 bridgehead atoms. The molecule has 1 amide bonds. The molecule has 0 aliphatic carbocycles. The average molecular weight is 483 g/mol. The number of hydrogen-bond acceptors (Lipinski definition) is 6. The fraction of sp³-hybridized carbons (Fsp3) is 0.345. The van der Waals surface area contributed by atoms with Crippen LogP contribution < -0.4 is 16.0 Å². The SMILES string of the molecule is CCc1nc(-c2ccc(C(=O)Nc3ccccc3N)cc2)c(C#N)c(CC)c1N1CCC(N(C)C)C1. The van der Waals surface area contributed by atoms with E-state index >= 15 is 0 Å². The number of nitrogen functional groups attached to an aromatic ring is 1. The van der Waals surface area contributed by atoms with Gasteiger partial charge in [-0.05, 0) is 63.2 Å². The Labute approximate surface area is 213 Å². The summed E-state index contributed by atoms with van der Waals surface area (Å²) in [6, 6.07) is 17.4. The molecule has 2 heterocycles. The van der Waals surface area contributed by atoms with Crippen molar-refractivity contribution < 1.29 is 4.79 Å². The number of nitrogens with zero attached hydrogens (tertiary/aromatic N) is 4.